The summed E-state index contributed by atoms with van der Waals surface area (Å²) in [7, 11) is 0. The Hall–Kier alpha value is -1.79. The number of amides is 1. The van der Waals surface area contributed by atoms with Crippen LogP contribution in [0, 0.1) is 11.7 Å². The number of alkyl halides is 3. The molecular formula is C13H16F4N2O. The number of benzene rings is 1. The molecule has 0 saturated heterocycles. The third kappa shape index (κ3) is 3.61. The second-order valence-electron chi connectivity index (χ2n) is 4.85. The maximum absolute atomic E-state index is 13.8. The quantitative estimate of drug-likeness (QED) is 0.663. The number of nitrogen functional groups attached to an aromatic ring is 1. The molecule has 0 saturated carbocycles. The zero-order chi connectivity index (χ0) is 15.7. The van der Waals surface area contributed by atoms with Gasteiger partial charge in [-0.3, -0.25) is 4.79 Å². The van der Waals surface area contributed by atoms with Crippen molar-refractivity contribution >= 4 is 11.6 Å². The van der Waals surface area contributed by atoms with Crippen LogP contribution in [0.15, 0.2) is 12.1 Å². The summed E-state index contributed by atoms with van der Waals surface area (Å²) < 4.78 is 51.8. The van der Waals surface area contributed by atoms with Crippen LogP contribution in [0.2, 0.25) is 0 Å². The average Bonchev–Trinajstić information content (AvgIpc) is 2.30. The fourth-order valence-electron chi connectivity index (χ4n) is 1.61. The number of carbonyl (C=O) groups is 1. The third-order valence-electron chi connectivity index (χ3n) is 2.81. The summed E-state index contributed by atoms with van der Waals surface area (Å²) in [6.45, 7) is 4.65. The predicted molar refractivity (Wildman–Crippen MR) is 67.2 cm³/mol. The van der Waals surface area contributed by atoms with Crippen LogP contribution in [0.5, 0.6) is 0 Å². The fraction of sp³-hybridized carbons (Fsp3) is 0.462. The Balaban J connectivity index is 3.17. The van der Waals surface area contributed by atoms with Crippen LogP contribution < -0.4 is 11.1 Å². The highest BCUT2D eigenvalue weighted by molar-refractivity contribution is 5.78. The van der Waals surface area contributed by atoms with E-state index < -0.39 is 29.3 Å². The number of carbonyl (C=O) groups excluding carboxylic acids is 1. The van der Waals surface area contributed by atoms with Gasteiger partial charge in [0.15, 0.2) is 5.82 Å². The Morgan fingerprint density at radius 1 is 1.25 bits per heavy atom. The molecule has 0 spiro atoms. The van der Waals surface area contributed by atoms with E-state index in [-0.39, 0.29) is 17.4 Å². The first-order chi connectivity index (χ1) is 9.04. The third-order valence-corrected chi connectivity index (χ3v) is 2.81. The molecule has 7 heteroatoms. The van der Waals surface area contributed by atoms with E-state index in [0.717, 1.165) is 0 Å². The normalized spacial score (nSPS) is 13.4. The minimum absolute atomic E-state index is 0.286. The van der Waals surface area contributed by atoms with Gasteiger partial charge in [0.1, 0.15) is 0 Å². The number of nitrogens with one attached hydrogen (secondary N) is 1. The van der Waals surface area contributed by atoms with Crippen LogP contribution in [0.3, 0.4) is 0 Å². The molecule has 1 aromatic carbocycles. The number of nitrogens with two attached hydrogens (primary N) is 1. The molecule has 112 valence electrons. The predicted octanol–water partition coefficient (Wildman–Crippen LogP) is 3.26. The van der Waals surface area contributed by atoms with Crippen molar-refractivity contribution in [2.45, 2.75) is 33.0 Å². The minimum Gasteiger partial charge on any atom is -0.396 e. The molecular weight excluding hydrogens is 276 g/mol. The highest BCUT2D eigenvalue weighted by atomic mass is 19.4. The van der Waals surface area contributed by atoms with Crippen molar-refractivity contribution in [2.24, 2.45) is 5.92 Å². The first-order valence-corrected chi connectivity index (χ1v) is 6.00. The zero-order valence-corrected chi connectivity index (χ0v) is 11.3. The topological polar surface area (TPSA) is 55.1 Å². The fourth-order valence-corrected chi connectivity index (χ4v) is 1.61. The van der Waals surface area contributed by atoms with E-state index in [9.17, 15) is 22.4 Å². The lowest BCUT2D eigenvalue weighted by atomic mass is 10.0. The van der Waals surface area contributed by atoms with Crippen molar-refractivity contribution in [3.63, 3.8) is 0 Å². The molecule has 1 atom stereocenters. The summed E-state index contributed by atoms with van der Waals surface area (Å²) in [5, 5.41) is 2.44. The molecule has 20 heavy (non-hydrogen) atoms. The Bertz CT molecular complexity index is 512. The van der Waals surface area contributed by atoms with Crippen molar-refractivity contribution in [2.75, 3.05) is 5.73 Å². The largest absolute Gasteiger partial charge is 0.416 e. The van der Waals surface area contributed by atoms with Gasteiger partial charge in [-0.25, -0.2) is 4.39 Å². The molecule has 1 rings (SSSR count). The van der Waals surface area contributed by atoms with Crippen molar-refractivity contribution < 1.29 is 22.4 Å². The van der Waals surface area contributed by atoms with Gasteiger partial charge in [0, 0.05) is 11.5 Å². The van der Waals surface area contributed by atoms with Gasteiger partial charge in [0.2, 0.25) is 5.91 Å². The molecule has 0 aliphatic rings. The van der Waals surface area contributed by atoms with Gasteiger partial charge in [-0.05, 0) is 19.1 Å². The van der Waals surface area contributed by atoms with Crippen molar-refractivity contribution in [3.05, 3.63) is 29.1 Å². The standard InChI is InChI=1S/C13H16F4N2O/c1-6(2)12(20)19-7(3)9-4-8(13(15,16)17)5-10(18)11(9)14/h4-7H,18H2,1-3H3,(H,19,20)/t7-/m1/s1. The van der Waals surface area contributed by atoms with Gasteiger partial charge in [-0.15, -0.1) is 0 Å². The lowest BCUT2D eigenvalue weighted by molar-refractivity contribution is -0.137. The molecule has 1 aromatic rings. The zero-order valence-electron chi connectivity index (χ0n) is 11.3. The maximum Gasteiger partial charge on any atom is 0.416 e. The van der Waals surface area contributed by atoms with Crippen LogP contribution in [0.1, 0.15) is 37.9 Å². The van der Waals surface area contributed by atoms with Crippen molar-refractivity contribution in [3.8, 4) is 0 Å². The second-order valence-corrected chi connectivity index (χ2v) is 4.85. The Kier molecular flexibility index (Phi) is 4.62. The van der Waals surface area contributed by atoms with Crippen LogP contribution >= 0.6 is 0 Å². The molecule has 0 radical (unpaired) electrons. The number of hydrogen-bond donors (Lipinski definition) is 2. The van der Waals surface area contributed by atoms with Crippen LogP contribution in [-0.4, -0.2) is 5.91 Å². The van der Waals surface area contributed by atoms with E-state index in [1.807, 2.05) is 0 Å². The molecule has 3 N–H and O–H groups in total. The first kappa shape index (κ1) is 16.3. The molecule has 0 unspecified atom stereocenters. The molecule has 0 aromatic heterocycles. The first-order valence-electron chi connectivity index (χ1n) is 6.00. The molecule has 0 aliphatic heterocycles. The molecule has 3 nitrogen and oxygen atoms in total. The number of rotatable bonds is 3. The summed E-state index contributed by atoms with van der Waals surface area (Å²) in [4.78, 5) is 11.5. The van der Waals surface area contributed by atoms with Crippen molar-refractivity contribution in [1.29, 1.82) is 0 Å². The van der Waals surface area contributed by atoms with E-state index in [1.54, 1.807) is 13.8 Å². The van der Waals surface area contributed by atoms with E-state index in [4.69, 9.17) is 5.73 Å². The lowest BCUT2D eigenvalue weighted by Gasteiger charge is -2.19. The van der Waals surface area contributed by atoms with Gasteiger partial charge in [0.05, 0.1) is 17.3 Å². The number of halogens is 4. The van der Waals surface area contributed by atoms with E-state index in [2.05, 4.69) is 5.32 Å². The Morgan fingerprint density at radius 3 is 2.25 bits per heavy atom. The van der Waals surface area contributed by atoms with E-state index in [0.29, 0.717) is 12.1 Å². The molecule has 1 amide bonds. The minimum atomic E-state index is -4.63. The van der Waals surface area contributed by atoms with E-state index in [1.165, 1.54) is 6.92 Å². The van der Waals surface area contributed by atoms with Gasteiger partial charge in [0.25, 0.3) is 0 Å². The van der Waals surface area contributed by atoms with Gasteiger partial charge < -0.3 is 11.1 Å². The average molecular weight is 292 g/mol. The highest BCUT2D eigenvalue weighted by Gasteiger charge is 2.33. The summed E-state index contributed by atoms with van der Waals surface area (Å²) in [6, 6.07) is 0.293. The highest BCUT2D eigenvalue weighted by Crippen LogP contribution is 2.34. The SMILES string of the molecule is CC(C)C(=O)N[C@H](C)c1cc(C(F)(F)F)cc(N)c1F. The van der Waals surface area contributed by atoms with Crippen LogP contribution in [0.25, 0.3) is 0 Å². The van der Waals surface area contributed by atoms with Gasteiger partial charge in [-0.2, -0.15) is 13.2 Å². The smallest absolute Gasteiger partial charge is 0.396 e. The molecule has 0 bridgehead atoms. The van der Waals surface area contributed by atoms with Gasteiger partial charge in [-0.1, -0.05) is 13.8 Å². The molecule has 0 fully saturated rings. The summed E-state index contributed by atoms with van der Waals surface area (Å²) in [5.74, 6) is -1.69. The monoisotopic (exact) mass is 292 g/mol. The van der Waals surface area contributed by atoms with Crippen LogP contribution in [0.4, 0.5) is 23.2 Å². The van der Waals surface area contributed by atoms with Crippen molar-refractivity contribution in [1.82, 2.24) is 5.32 Å². The second kappa shape index (κ2) is 5.68. The van der Waals surface area contributed by atoms with E-state index >= 15 is 0 Å². The van der Waals surface area contributed by atoms with Gasteiger partial charge >= 0.3 is 6.18 Å². The Labute approximate surface area is 114 Å². The summed E-state index contributed by atoms with van der Waals surface area (Å²) in [5.41, 5.74) is 3.33. The van der Waals surface area contributed by atoms with Crippen LogP contribution in [-0.2, 0) is 11.0 Å². The maximum atomic E-state index is 13.8. The Morgan fingerprint density at radius 2 is 1.80 bits per heavy atom. The molecule has 0 heterocycles. The summed E-state index contributed by atoms with van der Waals surface area (Å²) in [6.07, 6.45) is -4.63. The summed E-state index contributed by atoms with van der Waals surface area (Å²) >= 11 is 0. The lowest BCUT2D eigenvalue weighted by Crippen LogP contribution is -2.31. The molecule has 0 aliphatic carbocycles. The number of anilines is 1. The number of hydrogen-bond acceptors (Lipinski definition) is 2.